The number of aromatic nitrogens is 1. The average molecular weight is 546 g/mol. The zero-order chi connectivity index (χ0) is 27.3. The van der Waals surface area contributed by atoms with Crippen LogP contribution in [0.5, 0.6) is 0 Å². The molecule has 1 heterocycles. The minimum atomic E-state index is -4.80. The SMILES string of the molecule is C=CCN(C(=O)NC(Cc1ccccc1)(c1cc(F)cc(C(F)(F)F)c1)c1ccc(Cl)cn1)C1CCCC1. The maximum absolute atomic E-state index is 14.8. The van der Waals surface area contributed by atoms with E-state index in [4.69, 9.17) is 11.6 Å². The average Bonchev–Trinajstić information content (AvgIpc) is 3.41. The van der Waals surface area contributed by atoms with Crippen molar-refractivity contribution in [2.75, 3.05) is 6.54 Å². The van der Waals surface area contributed by atoms with E-state index in [1.807, 2.05) is 0 Å². The van der Waals surface area contributed by atoms with Gasteiger partial charge in [0.1, 0.15) is 11.4 Å². The minimum absolute atomic E-state index is 0.0154. The number of urea groups is 1. The fourth-order valence-corrected chi connectivity index (χ4v) is 5.17. The van der Waals surface area contributed by atoms with Gasteiger partial charge >= 0.3 is 12.2 Å². The van der Waals surface area contributed by atoms with E-state index in [1.54, 1.807) is 41.3 Å². The number of alkyl halides is 3. The van der Waals surface area contributed by atoms with Gasteiger partial charge in [-0.3, -0.25) is 4.98 Å². The van der Waals surface area contributed by atoms with Crippen LogP contribution < -0.4 is 5.32 Å². The van der Waals surface area contributed by atoms with Crippen LogP contribution in [0.4, 0.5) is 22.4 Å². The van der Waals surface area contributed by atoms with E-state index >= 15 is 0 Å². The van der Waals surface area contributed by atoms with Crippen LogP contribution in [-0.2, 0) is 18.1 Å². The molecule has 1 aliphatic rings. The first-order chi connectivity index (χ1) is 18.1. The van der Waals surface area contributed by atoms with Crippen LogP contribution in [0.25, 0.3) is 0 Å². The van der Waals surface area contributed by atoms with Gasteiger partial charge in [0.05, 0.1) is 16.3 Å². The Morgan fingerprint density at radius 3 is 2.37 bits per heavy atom. The third-order valence-corrected chi connectivity index (χ3v) is 7.09. The van der Waals surface area contributed by atoms with E-state index in [9.17, 15) is 22.4 Å². The highest BCUT2D eigenvalue weighted by Gasteiger charge is 2.42. The Bertz CT molecular complexity index is 1260. The number of nitrogens with zero attached hydrogens (tertiary/aromatic N) is 2. The van der Waals surface area contributed by atoms with Crippen molar-refractivity contribution in [3.05, 3.63) is 113 Å². The van der Waals surface area contributed by atoms with Gasteiger partial charge in [0.25, 0.3) is 0 Å². The van der Waals surface area contributed by atoms with Crippen LogP contribution in [0.3, 0.4) is 0 Å². The van der Waals surface area contributed by atoms with Gasteiger partial charge in [-0.05, 0) is 54.3 Å². The lowest BCUT2D eigenvalue weighted by atomic mass is 9.79. The maximum atomic E-state index is 14.8. The van der Waals surface area contributed by atoms with Crippen LogP contribution >= 0.6 is 11.6 Å². The predicted octanol–water partition coefficient (Wildman–Crippen LogP) is 7.52. The van der Waals surface area contributed by atoms with Crippen molar-refractivity contribution in [3.8, 4) is 0 Å². The van der Waals surface area contributed by atoms with Crippen molar-refractivity contribution in [1.29, 1.82) is 0 Å². The molecule has 0 aliphatic heterocycles. The van der Waals surface area contributed by atoms with Crippen molar-refractivity contribution < 1.29 is 22.4 Å². The predicted molar refractivity (Wildman–Crippen MR) is 139 cm³/mol. The number of halogens is 5. The second-order valence-electron chi connectivity index (χ2n) is 9.47. The first-order valence-corrected chi connectivity index (χ1v) is 12.7. The van der Waals surface area contributed by atoms with Crippen molar-refractivity contribution in [2.45, 2.75) is 49.9 Å². The maximum Gasteiger partial charge on any atom is 0.416 e. The molecule has 38 heavy (non-hydrogen) atoms. The first-order valence-electron chi connectivity index (χ1n) is 12.4. The van der Waals surface area contributed by atoms with Crippen LogP contribution in [0.1, 0.15) is 48.1 Å². The molecule has 1 aromatic heterocycles. The third-order valence-electron chi connectivity index (χ3n) is 6.87. The third kappa shape index (κ3) is 6.18. The number of hydrogen-bond donors (Lipinski definition) is 1. The van der Waals surface area contributed by atoms with Gasteiger partial charge in [-0.2, -0.15) is 13.2 Å². The van der Waals surface area contributed by atoms with Crippen LogP contribution in [0.2, 0.25) is 5.02 Å². The highest BCUT2D eigenvalue weighted by atomic mass is 35.5. The summed E-state index contributed by atoms with van der Waals surface area (Å²) in [6.45, 7) is 4.02. The van der Waals surface area contributed by atoms with Crippen LogP contribution in [0, 0.1) is 5.82 Å². The molecular weight excluding hydrogens is 518 g/mol. The van der Waals surface area contributed by atoms with E-state index in [-0.39, 0.29) is 30.3 Å². The number of amides is 2. The largest absolute Gasteiger partial charge is 0.416 e. The summed E-state index contributed by atoms with van der Waals surface area (Å²) in [5, 5.41) is 3.31. The molecular formula is C29H28ClF4N3O. The van der Waals surface area contributed by atoms with Gasteiger partial charge in [0.2, 0.25) is 0 Å². The zero-order valence-corrected chi connectivity index (χ0v) is 21.4. The fraction of sp³-hybridized carbons (Fsp3) is 0.310. The Balaban J connectivity index is 1.93. The Hall–Kier alpha value is -3.39. The molecule has 1 aliphatic carbocycles. The number of nitrogens with one attached hydrogen (secondary N) is 1. The first kappa shape index (κ1) is 27.6. The van der Waals surface area contributed by atoms with Crippen molar-refractivity contribution in [3.63, 3.8) is 0 Å². The summed E-state index contributed by atoms with van der Waals surface area (Å²) in [4.78, 5) is 20.0. The monoisotopic (exact) mass is 545 g/mol. The molecule has 0 saturated heterocycles. The van der Waals surface area contributed by atoms with Crippen molar-refractivity contribution in [1.82, 2.24) is 15.2 Å². The highest BCUT2D eigenvalue weighted by molar-refractivity contribution is 6.30. The molecule has 3 aromatic rings. The van der Waals surface area contributed by atoms with Crippen molar-refractivity contribution in [2.24, 2.45) is 0 Å². The lowest BCUT2D eigenvalue weighted by molar-refractivity contribution is -0.137. The van der Waals surface area contributed by atoms with Gasteiger partial charge in [0.15, 0.2) is 0 Å². The highest BCUT2D eigenvalue weighted by Crippen LogP contribution is 2.38. The van der Waals surface area contributed by atoms with Gasteiger partial charge in [-0.15, -0.1) is 6.58 Å². The number of carbonyl (C=O) groups is 1. The summed E-state index contributed by atoms with van der Waals surface area (Å²) in [5.41, 5.74) is -1.96. The molecule has 200 valence electrons. The number of hydrogen-bond acceptors (Lipinski definition) is 2. The summed E-state index contributed by atoms with van der Waals surface area (Å²) in [5.74, 6) is -1.07. The Labute approximate surface area is 224 Å². The van der Waals surface area contributed by atoms with E-state index in [2.05, 4.69) is 16.9 Å². The van der Waals surface area contributed by atoms with E-state index in [0.29, 0.717) is 16.7 Å². The number of benzene rings is 2. The van der Waals surface area contributed by atoms with Gasteiger partial charge in [0, 0.05) is 25.2 Å². The Morgan fingerprint density at radius 1 is 1.08 bits per heavy atom. The summed E-state index contributed by atoms with van der Waals surface area (Å²) in [6.07, 6.45) is 1.74. The normalized spacial score (nSPS) is 15.6. The molecule has 1 atom stereocenters. The van der Waals surface area contributed by atoms with Crippen LogP contribution in [0.15, 0.2) is 79.5 Å². The number of carbonyl (C=O) groups excluding carboxylic acids is 1. The van der Waals surface area contributed by atoms with Gasteiger partial charge in [-0.25, -0.2) is 9.18 Å². The quantitative estimate of drug-likeness (QED) is 0.235. The molecule has 1 unspecified atom stereocenters. The molecule has 1 fully saturated rings. The molecule has 2 amide bonds. The van der Waals surface area contributed by atoms with Gasteiger partial charge < -0.3 is 10.2 Å². The lowest BCUT2D eigenvalue weighted by Crippen LogP contribution is -2.55. The standard InChI is InChI=1S/C29H28ClF4N3O/c1-2-14-37(25-10-6-7-11-25)27(38)36-28(18-20-8-4-3-5-9-20,26-13-12-23(30)19-35-26)21-15-22(29(32,33)34)17-24(31)16-21/h2-5,8-9,12-13,15-17,19,25H,1,6-7,10-11,14,18H2,(H,36,38). The molecule has 4 nitrogen and oxygen atoms in total. The summed E-state index contributed by atoms with van der Waals surface area (Å²) in [7, 11) is 0. The van der Waals surface area contributed by atoms with E-state index in [0.717, 1.165) is 37.8 Å². The van der Waals surface area contributed by atoms with E-state index in [1.165, 1.54) is 18.3 Å². The molecule has 4 rings (SSSR count). The molecule has 0 spiro atoms. The number of rotatable bonds is 8. The van der Waals surface area contributed by atoms with Gasteiger partial charge in [-0.1, -0.05) is 60.9 Å². The van der Waals surface area contributed by atoms with Crippen LogP contribution in [-0.4, -0.2) is 28.5 Å². The summed E-state index contributed by atoms with van der Waals surface area (Å²) in [6, 6.07) is 13.8. The summed E-state index contributed by atoms with van der Waals surface area (Å²) < 4.78 is 56.2. The molecule has 0 radical (unpaired) electrons. The fourth-order valence-electron chi connectivity index (χ4n) is 5.06. The van der Waals surface area contributed by atoms with Crippen molar-refractivity contribution >= 4 is 17.6 Å². The second kappa shape index (κ2) is 11.6. The Morgan fingerprint density at radius 2 is 1.76 bits per heavy atom. The molecule has 1 N–H and O–H groups in total. The topological polar surface area (TPSA) is 45.2 Å². The second-order valence-corrected chi connectivity index (χ2v) is 9.90. The Kier molecular flexibility index (Phi) is 8.41. The molecule has 9 heteroatoms. The number of pyridine rings is 1. The summed E-state index contributed by atoms with van der Waals surface area (Å²) >= 11 is 6.08. The molecule has 2 aromatic carbocycles. The molecule has 1 saturated carbocycles. The molecule has 0 bridgehead atoms. The zero-order valence-electron chi connectivity index (χ0n) is 20.6. The minimum Gasteiger partial charge on any atom is -0.322 e. The lowest BCUT2D eigenvalue weighted by Gasteiger charge is -2.39. The smallest absolute Gasteiger partial charge is 0.322 e. The van der Waals surface area contributed by atoms with E-state index < -0.39 is 29.1 Å².